The fourth-order valence-electron chi connectivity index (χ4n) is 2.87. The van der Waals surface area contributed by atoms with Crippen molar-refractivity contribution in [2.45, 2.75) is 20.4 Å². The summed E-state index contributed by atoms with van der Waals surface area (Å²) in [6, 6.07) is 13.8. The van der Waals surface area contributed by atoms with Crippen molar-refractivity contribution in [3.05, 3.63) is 60.3 Å². The molecule has 144 valence electrons. The Morgan fingerprint density at radius 3 is 2.50 bits per heavy atom. The van der Waals surface area contributed by atoms with Gasteiger partial charge in [-0.3, -0.25) is 14.9 Å². The number of nitrogens with one attached hydrogen (secondary N) is 1. The van der Waals surface area contributed by atoms with Crippen LogP contribution in [0.1, 0.15) is 24.2 Å². The molecule has 2 aromatic carbocycles. The Morgan fingerprint density at radius 1 is 1.07 bits per heavy atom. The minimum Gasteiger partial charge on any atom is -0.465 e. The Morgan fingerprint density at radius 2 is 1.82 bits per heavy atom. The highest BCUT2D eigenvalue weighted by molar-refractivity contribution is 6.08. The number of fused-ring (bicyclic) bond motifs is 1. The highest BCUT2D eigenvalue weighted by Gasteiger charge is 2.16. The molecule has 0 saturated heterocycles. The van der Waals surface area contributed by atoms with E-state index in [1.54, 1.807) is 60.2 Å². The zero-order chi connectivity index (χ0) is 20.1. The average Bonchev–Trinajstić information content (AvgIpc) is 3.00. The summed E-state index contributed by atoms with van der Waals surface area (Å²) >= 11 is 0. The molecule has 0 unspecified atom stereocenters. The topological polar surface area (TPSA) is 86.6 Å². The summed E-state index contributed by atoms with van der Waals surface area (Å²) in [5.74, 6) is -0.106. The Hall–Kier alpha value is -3.61. The third kappa shape index (κ3) is 4.37. The van der Waals surface area contributed by atoms with E-state index in [9.17, 15) is 14.4 Å². The van der Waals surface area contributed by atoms with E-state index in [4.69, 9.17) is 9.47 Å². The van der Waals surface area contributed by atoms with E-state index in [1.165, 1.54) is 6.92 Å². The average molecular weight is 380 g/mol. The first-order chi connectivity index (χ1) is 13.5. The summed E-state index contributed by atoms with van der Waals surface area (Å²) in [6.45, 7) is 3.47. The Bertz CT molecular complexity index is 1020. The summed E-state index contributed by atoms with van der Waals surface area (Å²) in [6.07, 6.45) is 0.983. The predicted molar refractivity (Wildman–Crippen MR) is 105 cm³/mol. The van der Waals surface area contributed by atoms with Gasteiger partial charge < -0.3 is 14.0 Å². The smallest absolute Gasteiger partial charge is 0.417 e. The third-order valence-corrected chi connectivity index (χ3v) is 4.07. The normalized spacial score (nSPS) is 10.5. The molecule has 1 N–H and O–H groups in total. The van der Waals surface area contributed by atoms with Crippen molar-refractivity contribution in [1.29, 1.82) is 0 Å². The first-order valence-corrected chi connectivity index (χ1v) is 8.81. The van der Waals surface area contributed by atoms with Crippen LogP contribution in [0.3, 0.4) is 0 Å². The Kier molecular flexibility index (Phi) is 5.74. The number of carbonyl (C=O) groups excluding carboxylic acids is 3. The molecule has 1 aromatic heterocycles. The van der Waals surface area contributed by atoms with E-state index in [0.717, 1.165) is 0 Å². The lowest BCUT2D eigenvalue weighted by Gasteiger charge is -2.08. The molecule has 3 rings (SSSR count). The van der Waals surface area contributed by atoms with Gasteiger partial charge in [-0.2, -0.15) is 0 Å². The van der Waals surface area contributed by atoms with E-state index >= 15 is 0 Å². The van der Waals surface area contributed by atoms with E-state index in [0.29, 0.717) is 27.9 Å². The molecule has 1 amide bonds. The fraction of sp³-hybridized carbons (Fsp3) is 0.190. The van der Waals surface area contributed by atoms with E-state index < -0.39 is 6.09 Å². The molecular formula is C21H20N2O5. The van der Waals surface area contributed by atoms with Gasteiger partial charge in [0, 0.05) is 28.4 Å². The van der Waals surface area contributed by atoms with Crippen LogP contribution in [0, 0.1) is 0 Å². The molecule has 0 spiro atoms. The maximum absolute atomic E-state index is 12.1. The Labute approximate surface area is 161 Å². The number of ether oxygens (including phenoxy) is 2. The van der Waals surface area contributed by atoms with Gasteiger partial charge in [0.25, 0.3) is 0 Å². The number of para-hydroxylation sites is 1. The third-order valence-electron chi connectivity index (χ3n) is 4.07. The van der Waals surface area contributed by atoms with E-state index in [-0.39, 0.29) is 24.9 Å². The number of aromatic nitrogens is 1. The van der Waals surface area contributed by atoms with Crippen molar-refractivity contribution >= 4 is 34.4 Å². The summed E-state index contributed by atoms with van der Waals surface area (Å²) in [5.41, 5.74) is 1.63. The zero-order valence-corrected chi connectivity index (χ0v) is 15.6. The molecule has 0 radical (unpaired) electrons. The molecule has 0 aliphatic heterocycles. The number of nitrogens with zero attached hydrogens (tertiary/aromatic N) is 1. The van der Waals surface area contributed by atoms with Crippen LogP contribution in [0.2, 0.25) is 0 Å². The second-order valence-corrected chi connectivity index (χ2v) is 6.09. The maximum Gasteiger partial charge on any atom is 0.417 e. The first kappa shape index (κ1) is 19.2. The quantitative estimate of drug-likeness (QED) is 0.516. The van der Waals surface area contributed by atoms with Crippen molar-refractivity contribution in [3.63, 3.8) is 0 Å². The molecule has 0 bridgehead atoms. The van der Waals surface area contributed by atoms with Gasteiger partial charge in [-0.25, -0.2) is 4.79 Å². The van der Waals surface area contributed by atoms with Crippen molar-refractivity contribution in [2.75, 3.05) is 11.9 Å². The molecule has 1 heterocycles. The van der Waals surface area contributed by atoms with E-state index in [2.05, 4.69) is 5.32 Å². The standard InChI is InChI=1S/C21H20N2O5/c1-3-27-20(25)13-23-12-18(14(2)24)17-11-15(9-10-19(17)23)22-21(26)28-16-7-5-4-6-8-16/h4-12H,3,13H2,1-2H3,(H,22,26). The van der Waals surface area contributed by atoms with Crippen molar-refractivity contribution < 1.29 is 23.9 Å². The fourth-order valence-corrected chi connectivity index (χ4v) is 2.87. The molecule has 0 aliphatic carbocycles. The second-order valence-electron chi connectivity index (χ2n) is 6.09. The molecule has 0 atom stereocenters. The summed E-state index contributed by atoms with van der Waals surface area (Å²) in [7, 11) is 0. The summed E-state index contributed by atoms with van der Waals surface area (Å²) < 4.78 is 11.9. The number of hydrogen-bond donors (Lipinski definition) is 1. The van der Waals surface area contributed by atoms with Crippen molar-refractivity contribution in [2.24, 2.45) is 0 Å². The number of carbonyl (C=O) groups is 3. The van der Waals surface area contributed by atoms with Crippen LogP contribution in [-0.2, 0) is 16.1 Å². The van der Waals surface area contributed by atoms with Gasteiger partial charge in [0.1, 0.15) is 12.3 Å². The van der Waals surface area contributed by atoms with Crippen LogP contribution >= 0.6 is 0 Å². The molecule has 0 fully saturated rings. The lowest BCUT2D eigenvalue weighted by atomic mass is 10.1. The highest BCUT2D eigenvalue weighted by atomic mass is 16.6. The zero-order valence-electron chi connectivity index (χ0n) is 15.6. The number of benzene rings is 2. The number of esters is 1. The lowest BCUT2D eigenvalue weighted by Crippen LogP contribution is -2.16. The molecule has 28 heavy (non-hydrogen) atoms. The maximum atomic E-state index is 12.1. The van der Waals surface area contributed by atoms with Gasteiger partial charge in [0.2, 0.25) is 0 Å². The van der Waals surface area contributed by atoms with Crippen molar-refractivity contribution in [3.8, 4) is 5.75 Å². The minimum absolute atomic E-state index is 0.000441. The number of amides is 1. The molecule has 0 saturated carbocycles. The van der Waals surface area contributed by atoms with Crippen LogP contribution in [0.4, 0.5) is 10.5 Å². The van der Waals surface area contributed by atoms with Crippen LogP contribution in [0.5, 0.6) is 5.75 Å². The molecule has 0 aliphatic rings. The largest absolute Gasteiger partial charge is 0.465 e. The monoisotopic (exact) mass is 380 g/mol. The molecule has 7 nitrogen and oxygen atoms in total. The van der Waals surface area contributed by atoms with Crippen LogP contribution < -0.4 is 10.1 Å². The first-order valence-electron chi connectivity index (χ1n) is 8.81. The number of rotatable bonds is 6. The second kappa shape index (κ2) is 8.39. The van der Waals surface area contributed by atoms with Crippen LogP contribution in [0.15, 0.2) is 54.7 Å². The number of hydrogen-bond acceptors (Lipinski definition) is 5. The van der Waals surface area contributed by atoms with Gasteiger partial charge in [0.05, 0.1) is 6.61 Å². The van der Waals surface area contributed by atoms with Gasteiger partial charge in [0.15, 0.2) is 5.78 Å². The lowest BCUT2D eigenvalue weighted by molar-refractivity contribution is -0.143. The number of Topliss-reactive ketones (excluding diaryl/α,β-unsaturated/α-hetero) is 1. The van der Waals surface area contributed by atoms with Gasteiger partial charge in [-0.15, -0.1) is 0 Å². The summed E-state index contributed by atoms with van der Waals surface area (Å²) in [4.78, 5) is 35.9. The highest BCUT2D eigenvalue weighted by Crippen LogP contribution is 2.26. The molecule has 7 heteroatoms. The van der Waals surface area contributed by atoms with Crippen LogP contribution in [0.25, 0.3) is 10.9 Å². The minimum atomic E-state index is -0.638. The molecule has 3 aromatic rings. The SMILES string of the molecule is CCOC(=O)Cn1cc(C(C)=O)c2cc(NC(=O)Oc3ccccc3)ccc21. The predicted octanol–water partition coefficient (Wildman–Crippen LogP) is 4.02. The van der Waals surface area contributed by atoms with Crippen molar-refractivity contribution in [1.82, 2.24) is 4.57 Å². The van der Waals surface area contributed by atoms with Gasteiger partial charge in [-0.1, -0.05) is 18.2 Å². The van der Waals surface area contributed by atoms with Gasteiger partial charge >= 0.3 is 12.1 Å². The number of anilines is 1. The summed E-state index contributed by atoms with van der Waals surface area (Å²) in [5, 5.41) is 3.28. The van der Waals surface area contributed by atoms with E-state index in [1.807, 2.05) is 6.07 Å². The van der Waals surface area contributed by atoms with Gasteiger partial charge in [-0.05, 0) is 44.2 Å². The number of ketones is 1. The molecular weight excluding hydrogens is 360 g/mol. The Balaban J connectivity index is 1.85. The van der Waals surface area contributed by atoms with Crippen LogP contribution in [-0.4, -0.2) is 29.0 Å².